The summed E-state index contributed by atoms with van der Waals surface area (Å²) >= 11 is 0. The predicted molar refractivity (Wildman–Crippen MR) is 278 cm³/mol. The van der Waals surface area contributed by atoms with E-state index in [1.165, 1.54) is 193 Å². The number of allylic oxidation sites excluding steroid dienone is 4. The Hall–Kier alpha value is -1.66. The van der Waals surface area contributed by atoms with E-state index in [4.69, 9.17) is 4.74 Å². The third kappa shape index (κ3) is 46.9. The average Bonchev–Trinajstić information content (AvgIpc) is 3.29. The molecule has 0 spiro atoms. The zero-order chi connectivity index (χ0) is 46.7. The van der Waals surface area contributed by atoms with E-state index in [0.29, 0.717) is 19.3 Å². The molecule has 0 aromatic carbocycles. The number of esters is 1. The number of unbranched alkanes of at least 4 members (excludes halogenated alkanes) is 37. The van der Waals surface area contributed by atoms with Crippen molar-refractivity contribution in [2.75, 3.05) is 6.61 Å². The molecule has 0 aliphatic heterocycles. The van der Waals surface area contributed by atoms with Crippen LogP contribution in [0.1, 0.15) is 310 Å². The fraction of sp³-hybridized carbons (Fsp3) is 0.897. The highest BCUT2D eigenvalue weighted by Gasteiger charge is 2.24. The van der Waals surface area contributed by atoms with E-state index in [0.717, 1.165) is 70.6 Å². The van der Waals surface area contributed by atoms with Crippen LogP contribution in [0.4, 0.5) is 0 Å². The Morgan fingerprint density at radius 1 is 0.453 bits per heavy atom. The molecule has 3 unspecified atom stereocenters. The van der Waals surface area contributed by atoms with E-state index in [1.807, 2.05) is 0 Å². The fourth-order valence-corrected chi connectivity index (χ4v) is 8.95. The van der Waals surface area contributed by atoms with Gasteiger partial charge in [0.05, 0.1) is 25.2 Å². The van der Waals surface area contributed by atoms with Gasteiger partial charge in [-0.25, -0.2) is 0 Å². The van der Waals surface area contributed by atoms with Crippen LogP contribution in [0, 0.1) is 0 Å². The van der Waals surface area contributed by atoms with Gasteiger partial charge in [0.2, 0.25) is 5.91 Å². The zero-order valence-electron chi connectivity index (χ0n) is 43.2. The SMILES string of the molecule is CCCCC/C=C/C=C/CCCCCCC(CC(=O)NC(CO)C(O)CCCCCCCCCCCCCCCCC)OC(=O)CCCCCCCCCCCCCCCCCCC. The number of nitrogens with one attached hydrogen (secondary N) is 1. The lowest BCUT2D eigenvalue weighted by atomic mass is 10.0. The van der Waals surface area contributed by atoms with E-state index in [2.05, 4.69) is 50.4 Å². The van der Waals surface area contributed by atoms with Crippen LogP contribution in [0.5, 0.6) is 0 Å². The smallest absolute Gasteiger partial charge is 0.306 e. The molecule has 0 aromatic rings. The maximum absolute atomic E-state index is 13.2. The van der Waals surface area contributed by atoms with Crippen molar-refractivity contribution in [1.29, 1.82) is 0 Å². The van der Waals surface area contributed by atoms with E-state index in [9.17, 15) is 19.8 Å². The van der Waals surface area contributed by atoms with Gasteiger partial charge in [-0.2, -0.15) is 0 Å². The summed E-state index contributed by atoms with van der Waals surface area (Å²) < 4.78 is 5.95. The molecule has 0 heterocycles. The van der Waals surface area contributed by atoms with Crippen LogP contribution in [0.15, 0.2) is 24.3 Å². The summed E-state index contributed by atoms with van der Waals surface area (Å²) in [5.41, 5.74) is 0. The highest BCUT2D eigenvalue weighted by molar-refractivity contribution is 5.77. The van der Waals surface area contributed by atoms with E-state index >= 15 is 0 Å². The number of ether oxygens (including phenoxy) is 1. The Bertz CT molecular complexity index is 1010. The van der Waals surface area contributed by atoms with Gasteiger partial charge in [0, 0.05) is 6.42 Å². The van der Waals surface area contributed by atoms with Crippen molar-refractivity contribution < 1.29 is 24.5 Å². The number of aliphatic hydroxyl groups is 2. The molecule has 0 saturated carbocycles. The predicted octanol–water partition coefficient (Wildman–Crippen LogP) is 17.5. The van der Waals surface area contributed by atoms with Crippen molar-refractivity contribution in [3.63, 3.8) is 0 Å². The molecular weight excluding hydrogens is 791 g/mol. The first-order valence-corrected chi connectivity index (χ1v) is 28.6. The molecule has 3 N–H and O–H groups in total. The van der Waals surface area contributed by atoms with Crippen molar-refractivity contribution in [2.45, 2.75) is 328 Å². The molecule has 0 aromatic heterocycles. The molecule has 0 bridgehead atoms. The van der Waals surface area contributed by atoms with Gasteiger partial charge in [0.15, 0.2) is 0 Å². The van der Waals surface area contributed by atoms with E-state index in [1.54, 1.807) is 0 Å². The maximum atomic E-state index is 13.2. The van der Waals surface area contributed by atoms with Gasteiger partial charge in [0.1, 0.15) is 6.10 Å². The molecule has 378 valence electrons. The number of amides is 1. The molecule has 0 radical (unpaired) electrons. The summed E-state index contributed by atoms with van der Waals surface area (Å²) in [6.45, 7) is 6.49. The summed E-state index contributed by atoms with van der Waals surface area (Å²) in [6.07, 6.45) is 61.0. The maximum Gasteiger partial charge on any atom is 0.306 e. The number of aliphatic hydroxyl groups excluding tert-OH is 2. The summed E-state index contributed by atoms with van der Waals surface area (Å²) in [7, 11) is 0. The summed E-state index contributed by atoms with van der Waals surface area (Å²) in [5, 5.41) is 23.9. The van der Waals surface area contributed by atoms with Crippen LogP contribution < -0.4 is 5.32 Å². The highest BCUT2D eigenvalue weighted by Crippen LogP contribution is 2.19. The Morgan fingerprint density at radius 3 is 1.19 bits per heavy atom. The molecule has 3 atom stereocenters. The summed E-state index contributed by atoms with van der Waals surface area (Å²) in [4.78, 5) is 26.2. The lowest BCUT2D eigenvalue weighted by molar-refractivity contribution is -0.151. The molecular formula is C58H111NO5. The second kappa shape index (κ2) is 52.3. The Kier molecular flexibility index (Phi) is 51.0. The molecule has 6 nitrogen and oxygen atoms in total. The van der Waals surface area contributed by atoms with Gasteiger partial charge in [-0.15, -0.1) is 0 Å². The number of hydrogen-bond acceptors (Lipinski definition) is 5. The standard InChI is InChI=1S/C58H111NO5/c1-4-7-10-13-16-19-22-25-27-28-30-33-36-39-42-45-48-51-58(63)64-54(49-46-43-40-37-34-31-24-21-18-15-12-9-6-3)52-57(62)59-55(53-60)56(61)50-47-44-41-38-35-32-29-26-23-20-17-14-11-8-5-2/h18,21,24,31,54-56,60-61H,4-17,19-20,22-23,25-30,32-53H2,1-3H3,(H,59,62)/b21-18+,31-24+. The quantitative estimate of drug-likeness (QED) is 0.0321. The Balaban J connectivity index is 4.50. The highest BCUT2D eigenvalue weighted by atomic mass is 16.5. The normalized spacial score (nSPS) is 13.3. The van der Waals surface area contributed by atoms with Crippen LogP contribution >= 0.6 is 0 Å². The number of carbonyl (C=O) groups excluding carboxylic acids is 2. The molecule has 0 fully saturated rings. The minimum Gasteiger partial charge on any atom is -0.462 e. The van der Waals surface area contributed by atoms with Gasteiger partial charge in [0.25, 0.3) is 0 Å². The summed E-state index contributed by atoms with van der Waals surface area (Å²) in [5.74, 6) is -0.475. The molecule has 0 rings (SSSR count). The number of rotatable bonds is 52. The minimum absolute atomic E-state index is 0.0697. The monoisotopic (exact) mass is 902 g/mol. The third-order valence-corrected chi connectivity index (χ3v) is 13.3. The molecule has 6 heteroatoms. The second-order valence-electron chi connectivity index (χ2n) is 19.7. The van der Waals surface area contributed by atoms with Crippen LogP contribution in [-0.2, 0) is 14.3 Å². The second-order valence-corrected chi connectivity index (χ2v) is 19.7. The molecule has 64 heavy (non-hydrogen) atoms. The van der Waals surface area contributed by atoms with Crippen molar-refractivity contribution in [3.05, 3.63) is 24.3 Å². The Labute approximate surface area is 399 Å². The van der Waals surface area contributed by atoms with E-state index in [-0.39, 0.29) is 24.9 Å². The largest absolute Gasteiger partial charge is 0.462 e. The first-order valence-electron chi connectivity index (χ1n) is 28.6. The lowest BCUT2D eigenvalue weighted by Gasteiger charge is -2.24. The van der Waals surface area contributed by atoms with Crippen LogP contribution in [0.2, 0.25) is 0 Å². The van der Waals surface area contributed by atoms with E-state index < -0.39 is 18.2 Å². The van der Waals surface area contributed by atoms with Crippen molar-refractivity contribution in [2.24, 2.45) is 0 Å². The molecule has 0 aliphatic rings. The topological polar surface area (TPSA) is 95.9 Å². The minimum atomic E-state index is -0.790. The van der Waals surface area contributed by atoms with Crippen molar-refractivity contribution >= 4 is 11.9 Å². The third-order valence-electron chi connectivity index (χ3n) is 13.3. The van der Waals surface area contributed by atoms with Gasteiger partial charge >= 0.3 is 5.97 Å². The van der Waals surface area contributed by atoms with Crippen LogP contribution in [-0.4, -0.2) is 46.9 Å². The number of carbonyl (C=O) groups is 2. The van der Waals surface area contributed by atoms with Gasteiger partial charge < -0.3 is 20.3 Å². The average molecular weight is 903 g/mol. The van der Waals surface area contributed by atoms with Crippen LogP contribution in [0.25, 0.3) is 0 Å². The van der Waals surface area contributed by atoms with Gasteiger partial charge in [-0.1, -0.05) is 270 Å². The molecule has 1 amide bonds. The van der Waals surface area contributed by atoms with Crippen molar-refractivity contribution in [1.82, 2.24) is 5.32 Å². The number of hydrogen-bond donors (Lipinski definition) is 3. The fourth-order valence-electron chi connectivity index (χ4n) is 8.95. The molecule has 0 saturated heterocycles. The van der Waals surface area contributed by atoms with Crippen LogP contribution in [0.3, 0.4) is 0 Å². The summed E-state index contributed by atoms with van der Waals surface area (Å²) in [6, 6.07) is -0.704. The van der Waals surface area contributed by atoms with Crippen molar-refractivity contribution in [3.8, 4) is 0 Å². The van der Waals surface area contributed by atoms with Gasteiger partial charge in [-0.3, -0.25) is 9.59 Å². The first kappa shape index (κ1) is 62.3. The zero-order valence-corrected chi connectivity index (χ0v) is 43.2. The lowest BCUT2D eigenvalue weighted by Crippen LogP contribution is -2.46. The Morgan fingerprint density at radius 2 is 0.781 bits per heavy atom. The first-order chi connectivity index (χ1) is 31.5. The van der Waals surface area contributed by atoms with Gasteiger partial charge in [-0.05, 0) is 51.4 Å². The molecule has 0 aliphatic carbocycles.